The Labute approximate surface area is 187 Å². The van der Waals surface area contributed by atoms with Crippen LogP contribution in [0.1, 0.15) is 30.3 Å². The van der Waals surface area contributed by atoms with E-state index in [-0.39, 0.29) is 23.8 Å². The van der Waals surface area contributed by atoms with E-state index in [1.807, 2.05) is 23.3 Å². The fourth-order valence-corrected chi connectivity index (χ4v) is 4.53. The third-order valence-electron chi connectivity index (χ3n) is 6.41. The number of aryl methyl sites for hydroxylation is 2. The molecule has 0 N–H and O–H groups in total. The quantitative estimate of drug-likeness (QED) is 0.592. The van der Waals surface area contributed by atoms with Gasteiger partial charge in [-0.05, 0) is 44.5 Å². The van der Waals surface area contributed by atoms with E-state index >= 15 is 0 Å². The van der Waals surface area contributed by atoms with Crippen LogP contribution in [0.2, 0.25) is 0 Å². The van der Waals surface area contributed by atoms with E-state index < -0.39 is 0 Å². The normalized spacial score (nSPS) is 14.9. The Morgan fingerprint density at radius 1 is 1.06 bits per heavy atom. The lowest BCUT2D eigenvalue weighted by Crippen LogP contribution is -2.50. The molecule has 170 valence electrons. The van der Waals surface area contributed by atoms with Crippen LogP contribution in [0, 0.1) is 19.7 Å². The predicted octanol–water partition coefficient (Wildman–Crippen LogP) is 2.56. The summed E-state index contributed by atoms with van der Waals surface area (Å²) in [5, 5.41) is 5.67. The van der Waals surface area contributed by atoms with E-state index in [0.29, 0.717) is 25.0 Å². The number of amides is 1. The van der Waals surface area contributed by atoms with Crippen LogP contribution in [-0.4, -0.2) is 62.8 Å². The maximum absolute atomic E-state index is 13.2. The van der Waals surface area contributed by atoms with Crippen LogP contribution in [0.3, 0.4) is 0 Å². The van der Waals surface area contributed by atoms with E-state index in [9.17, 15) is 14.0 Å². The van der Waals surface area contributed by atoms with Crippen LogP contribution >= 0.6 is 0 Å². The molecule has 4 rings (SSSR count). The number of benzene rings is 1. The summed E-state index contributed by atoms with van der Waals surface area (Å²) in [6, 6.07) is 6.36. The lowest BCUT2D eigenvalue weighted by molar-refractivity contribution is -0.133. The molecule has 3 aromatic rings. The van der Waals surface area contributed by atoms with Gasteiger partial charge in [0.2, 0.25) is 5.91 Å². The smallest absolute Gasteiger partial charge is 0.276 e. The maximum atomic E-state index is 13.2. The van der Waals surface area contributed by atoms with Crippen molar-refractivity contribution in [3.05, 3.63) is 63.6 Å². The summed E-state index contributed by atoms with van der Waals surface area (Å²) in [5.41, 5.74) is 2.45. The van der Waals surface area contributed by atoms with E-state index in [1.165, 1.54) is 16.8 Å². The molecule has 1 fully saturated rings. The molecule has 0 spiro atoms. The Bertz CT molecular complexity index is 1170. The first-order valence-electron chi connectivity index (χ1n) is 11.2. The number of hydrogen-bond donors (Lipinski definition) is 0. The van der Waals surface area contributed by atoms with Gasteiger partial charge in [-0.3, -0.25) is 14.5 Å². The van der Waals surface area contributed by atoms with E-state index in [1.54, 1.807) is 18.3 Å². The fourth-order valence-electron chi connectivity index (χ4n) is 4.53. The Morgan fingerprint density at radius 3 is 2.41 bits per heavy atom. The number of hydrogen-bond acceptors (Lipinski definition) is 4. The van der Waals surface area contributed by atoms with Crippen molar-refractivity contribution in [3.63, 3.8) is 0 Å². The van der Waals surface area contributed by atoms with Crippen LogP contribution < -0.4 is 5.56 Å². The fraction of sp³-hybridized carbons (Fsp3) is 0.458. The Kier molecular flexibility index (Phi) is 6.41. The van der Waals surface area contributed by atoms with Crippen molar-refractivity contribution < 1.29 is 9.18 Å². The van der Waals surface area contributed by atoms with Gasteiger partial charge >= 0.3 is 0 Å². The minimum absolute atomic E-state index is 0.0514. The summed E-state index contributed by atoms with van der Waals surface area (Å²) in [6.45, 7) is 10.6. The Morgan fingerprint density at radius 2 is 1.75 bits per heavy atom. The number of carbonyl (C=O) groups excluding carboxylic acids is 1. The number of nitrogens with zero attached hydrogens (tertiary/aromatic N) is 5. The van der Waals surface area contributed by atoms with Crippen LogP contribution in [0.4, 0.5) is 4.39 Å². The second kappa shape index (κ2) is 9.24. The second-order valence-electron chi connectivity index (χ2n) is 8.50. The van der Waals surface area contributed by atoms with Crippen molar-refractivity contribution in [1.29, 1.82) is 0 Å². The molecule has 1 amide bonds. The van der Waals surface area contributed by atoms with E-state index in [2.05, 4.69) is 16.9 Å². The van der Waals surface area contributed by atoms with Crippen molar-refractivity contribution >= 4 is 16.7 Å². The second-order valence-corrected chi connectivity index (χ2v) is 8.50. The van der Waals surface area contributed by atoms with Gasteiger partial charge in [0.1, 0.15) is 12.4 Å². The standard InChI is InChI=1S/C24H30FN5O2/c1-4-9-27-10-12-28(13-11-27)22(31)16-30-24(32)23-18(3)29(17(2)21(23)14-26-30)15-19-5-7-20(25)8-6-19/h5-8,14H,4,9-13,15-16H2,1-3H3. The third kappa shape index (κ3) is 4.32. The van der Waals surface area contributed by atoms with Gasteiger partial charge in [-0.25, -0.2) is 9.07 Å². The zero-order valence-corrected chi connectivity index (χ0v) is 19.0. The van der Waals surface area contributed by atoms with Crippen molar-refractivity contribution in [3.8, 4) is 0 Å². The average molecular weight is 440 g/mol. The highest BCUT2D eigenvalue weighted by Gasteiger charge is 2.23. The van der Waals surface area contributed by atoms with Crippen molar-refractivity contribution in [2.45, 2.75) is 40.3 Å². The number of halogens is 1. The molecule has 32 heavy (non-hydrogen) atoms. The molecule has 2 aromatic heterocycles. The van der Waals surface area contributed by atoms with Crippen molar-refractivity contribution in [2.24, 2.45) is 0 Å². The monoisotopic (exact) mass is 439 g/mol. The van der Waals surface area contributed by atoms with Crippen LogP contribution in [0.25, 0.3) is 10.8 Å². The predicted molar refractivity (Wildman–Crippen MR) is 122 cm³/mol. The number of piperazine rings is 1. The molecular weight excluding hydrogens is 409 g/mol. The summed E-state index contributed by atoms with van der Waals surface area (Å²) in [7, 11) is 0. The summed E-state index contributed by atoms with van der Waals surface area (Å²) in [4.78, 5) is 30.2. The largest absolute Gasteiger partial charge is 0.343 e. The SMILES string of the molecule is CCCN1CCN(C(=O)Cn2ncc3c(C)n(Cc4ccc(F)cc4)c(C)c3c2=O)CC1. The first kappa shape index (κ1) is 22.2. The van der Waals surface area contributed by atoms with E-state index in [4.69, 9.17) is 0 Å². The highest BCUT2D eigenvalue weighted by molar-refractivity contribution is 5.87. The van der Waals surface area contributed by atoms with Gasteiger partial charge in [0.15, 0.2) is 0 Å². The van der Waals surface area contributed by atoms with Gasteiger partial charge in [-0.15, -0.1) is 0 Å². The first-order chi connectivity index (χ1) is 15.4. The molecule has 0 atom stereocenters. The molecular formula is C24H30FN5O2. The minimum atomic E-state index is -0.275. The molecule has 8 heteroatoms. The molecule has 0 aliphatic carbocycles. The van der Waals surface area contributed by atoms with E-state index in [0.717, 1.165) is 48.4 Å². The molecule has 1 aromatic carbocycles. The molecule has 0 radical (unpaired) electrons. The summed E-state index contributed by atoms with van der Waals surface area (Å²) in [6.07, 6.45) is 2.78. The minimum Gasteiger partial charge on any atom is -0.343 e. The van der Waals surface area contributed by atoms with Crippen molar-refractivity contribution in [1.82, 2.24) is 24.1 Å². The highest BCUT2D eigenvalue weighted by atomic mass is 19.1. The van der Waals surface area contributed by atoms with Crippen LogP contribution in [0.5, 0.6) is 0 Å². The molecule has 0 unspecified atom stereocenters. The summed E-state index contributed by atoms with van der Waals surface area (Å²) < 4.78 is 16.6. The molecule has 0 bridgehead atoms. The summed E-state index contributed by atoms with van der Waals surface area (Å²) in [5.74, 6) is -0.349. The molecule has 0 saturated carbocycles. The Balaban J connectivity index is 1.56. The van der Waals surface area contributed by atoms with Gasteiger partial charge < -0.3 is 9.47 Å². The number of rotatable bonds is 6. The topological polar surface area (TPSA) is 63.4 Å². The van der Waals surface area contributed by atoms with Gasteiger partial charge in [-0.1, -0.05) is 19.1 Å². The third-order valence-corrected chi connectivity index (χ3v) is 6.41. The number of aromatic nitrogens is 3. The lowest BCUT2D eigenvalue weighted by Gasteiger charge is -2.34. The average Bonchev–Trinajstić information content (AvgIpc) is 3.03. The highest BCUT2D eigenvalue weighted by Crippen LogP contribution is 2.23. The molecule has 3 heterocycles. The number of carbonyl (C=O) groups is 1. The van der Waals surface area contributed by atoms with Crippen LogP contribution in [0.15, 0.2) is 35.3 Å². The molecule has 1 saturated heterocycles. The zero-order valence-electron chi connectivity index (χ0n) is 19.0. The summed E-state index contributed by atoms with van der Waals surface area (Å²) >= 11 is 0. The van der Waals surface area contributed by atoms with Gasteiger partial charge in [0.25, 0.3) is 5.56 Å². The number of fused-ring (bicyclic) bond motifs is 1. The van der Waals surface area contributed by atoms with Crippen molar-refractivity contribution in [2.75, 3.05) is 32.7 Å². The van der Waals surface area contributed by atoms with Gasteiger partial charge in [-0.2, -0.15) is 5.10 Å². The Hall–Kier alpha value is -3.00. The van der Waals surface area contributed by atoms with Crippen LogP contribution in [-0.2, 0) is 17.9 Å². The maximum Gasteiger partial charge on any atom is 0.276 e. The first-order valence-corrected chi connectivity index (χ1v) is 11.2. The van der Waals surface area contributed by atoms with Gasteiger partial charge in [0.05, 0.1) is 11.6 Å². The molecule has 1 aliphatic rings. The van der Waals surface area contributed by atoms with Gasteiger partial charge in [0, 0.05) is 49.5 Å². The molecule has 1 aliphatic heterocycles. The molecule has 7 nitrogen and oxygen atoms in total. The zero-order chi connectivity index (χ0) is 22.8. The lowest BCUT2D eigenvalue weighted by atomic mass is 10.2.